The van der Waals surface area contributed by atoms with Gasteiger partial charge < -0.3 is 10.4 Å². The average molecular weight is 260 g/mol. The lowest BCUT2D eigenvalue weighted by atomic mass is 10.2. The number of aromatic carboxylic acids is 1. The SMILES string of the molecule is Cc1ccc(NCc2ncccc2C(=O)O)c(F)c1. The molecule has 1 aromatic heterocycles. The number of carboxylic acids is 1. The summed E-state index contributed by atoms with van der Waals surface area (Å²) in [6.07, 6.45) is 1.51. The monoisotopic (exact) mass is 260 g/mol. The molecular weight excluding hydrogens is 247 g/mol. The van der Waals surface area contributed by atoms with Crippen molar-refractivity contribution in [3.05, 3.63) is 59.2 Å². The number of anilines is 1. The maximum Gasteiger partial charge on any atom is 0.337 e. The Labute approximate surface area is 109 Å². The molecule has 0 atom stereocenters. The zero-order valence-corrected chi connectivity index (χ0v) is 10.4. The number of benzene rings is 1. The van der Waals surface area contributed by atoms with Crippen molar-refractivity contribution in [3.63, 3.8) is 0 Å². The van der Waals surface area contributed by atoms with Crippen molar-refractivity contribution < 1.29 is 14.3 Å². The summed E-state index contributed by atoms with van der Waals surface area (Å²) in [5, 5.41) is 11.9. The predicted octanol–water partition coefficient (Wildman–Crippen LogP) is 2.84. The van der Waals surface area contributed by atoms with Crippen LogP contribution in [0.2, 0.25) is 0 Å². The molecular formula is C14H13FN2O2. The molecule has 2 aromatic rings. The molecule has 0 spiro atoms. The number of carboxylic acid groups (broad SMARTS) is 1. The second-order valence-corrected chi connectivity index (χ2v) is 4.14. The van der Waals surface area contributed by atoms with Gasteiger partial charge in [0.15, 0.2) is 0 Å². The lowest BCUT2D eigenvalue weighted by molar-refractivity contribution is 0.0695. The molecule has 0 amide bonds. The van der Waals surface area contributed by atoms with Crippen LogP contribution in [0, 0.1) is 12.7 Å². The minimum Gasteiger partial charge on any atom is -0.478 e. The van der Waals surface area contributed by atoms with Gasteiger partial charge >= 0.3 is 5.97 Å². The van der Waals surface area contributed by atoms with E-state index in [0.717, 1.165) is 5.56 Å². The zero-order chi connectivity index (χ0) is 13.8. The minimum absolute atomic E-state index is 0.113. The molecule has 4 nitrogen and oxygen atoms in total. The lowest BCUT2D eigenvalue weighted by Crippen LogP contribution is -2.09. The van der Waals surface area contributed by atoms with E-state index in [2.05, 4.69) is 10.3 Å². The van der Waals surface area contributed by atoms with Gasteiger partial charge in [-0.25, -0.2) is 9.18 Å². The van der Waals surface area contributed by atoms with Gasteiger partial charge in [0.05, 0.1) is 23.5 Å². The first-order valence-electron chi connectivity index (χ1n) is 5.75. The quantitative estimate of drug-likeness (QED) is 0.887. The number of hydrogen-bond acceptors (Lipinski definition) is 3. The van der Waals surface area contributed by atoms with Crippen LogP contribution in [-0.2, 0) is 6.54 Å². The number of aromatic nitrogens is 1. The molecule has 0 aliphatic rings. The molecule has 1 heterocycles. The van der Waals surface area contributed by atoms with Crippen molar-refractivity contribution >= 4 is 11.7 Å². The highest BCUT2D eigenvalue weighted by Crippen LogP contribution is 2.16. The van der Waals surface area contributed by atoms with Gasteiger partial charge in [-0.2, -0.15) is 0 Å². The van der Waals surface area contributed by atoms with Crippen LogP contribution in [0.5, 0.6) is 0 Å². The highest BCUT2D eigenvalue weighted by Gasteiger charge is 2.10. The van der Waals surface area contributed by atoms with Crippen molar-refractivity contribution in [3.8, 4) is 0 Å². The first kappa shape index (κ1) is 13.0. The van der Waals surface area contributed by atoms with E-state index in [9.17, 15) is 9.18 Å². The fraction of sp³-hybridized carbons (Fsp3) is 0.143. The van der Waals surface area contributed by atoms with E-state index in [1.807, 2.05) is 0 Å². The number of aryl methyl sites for hydroxylation is 1. The van der Waals surface area contributed by atoms with E-state index in [0.29, 0.717) is 11.4 Å². The standard InChI is InChI=1S/C14H13FN2O2/c1-9-4-5-12(11(15)7-9)17-8-13-10(14(18)19)3-2-6-16-13/h2-7,17H,8H2,1H3,(H,18,19). The second-order valence-electron chi connectivity index (χ2n) is 4.14. The van der Waals surface area contributed by atoms with E-state index in [-0.39, 0.29) is 17.9 Å². The Kier molecular flexibility index (Phi) is 3.75. The van der Waals surface area contributed by atoms with Crippen molar-refractivity contribution in [2.24, 2.45) is 0 Å². The van der Waals surface area contributed by atoms with Gasteiger partial charge in [-0.3, -0.25) is 4.98 Å². The molecule has 0 aliphatic heterocycles. The maximum absolute atomic E-state index is 13.6. The number of carbonyl (C=O) groups is 1. The van der Waals surface area contributed by atoms with Crippen LogP contribution < -0.4 is 5.32 Å². The Bertz CT molecular complexity index is 614. The molecule has 5 heteroatoms. The Morgan fingerprint density at radius 1 is 1.42 bits per heavy atom. The van der Waals surface area contributed by atoms with E-state index in [4.69, 9.17) is 5.11 Å². The summed E-state index contributed by atoms with van der Waals surface area (Å²) in [7, 11) is 0. The van der Waals surface area contributed by atoms with Gasteiger partial charge in [0, 0.05) is 6.20 Å². The zero-order valence-electron chi connectivity index (χ0n) is 10.4. The third kappa shape index (κ3) is 3.07. The Morgan fingerprint density at radius 2 is 2.21 bits per heavy atom. The summed E-state index contributed by atoms with van der Waals surface area (Å²) in [6.45, 7) is 1.95. The number of pyridine rings is 1. The van der Waals surface area contributed by atoms with Gasteiger partial charge in [-0.05, 0) is 36.8 Å². The number of nitrogens with zero attached hydrogens (tertiary/aromatic N) is 1. The number of rotatable bonds is 4. The summed E-state index contributed by atoms with van der Waals surface area (Å²) < 4.78 is 13.6. The van der Waals surface area contributed by atoms with Crippen LogP contribution in [0.3, 0.4) is 0 Å². The van der Waals surface area contributed by atoms with Crippen LogP contribution in [-0.4, -0.2) is 16.1 Å². The van der Waals surface area contributed by atoms with Gasteiger partial charge in [0.25, 0.3) is 0 Å². The largest absolute Gasteiger partial charge is 0.478 e. The first-order valence-corrected chi connectivity index (χ1v) is 5.75. The Hall–Kier alpha value is -2.43. The normalized spacial score (nSPS) is 10.2. The summed E-state index contributed by atoms with van der Waals surface area (Å²) >= 11 is 0. The smallest absolute Gasteiger partial charge is 0.337 e. The molecule has 98 valence electrons. The van der Waals surface area contributed by atoms with E-state index in [1.165, 1.54) is 18.3 Å². The van der Waals surface area contributed by atoms with Crippen LogP contribution in [0.15, 0.2) is 36.5 Å². The second kappa shape index (κ2) is 5.48. The third-order valence-corrected chi connectivity index (χ3v) is 2.69. The van der Waals surface area contributed by atoms with Crippen molar-refractivity contribution in [2.45, 2.75) is 13.5 Å². The van der Waals surface area contributed by atoms with E-state index in [1.54, 1.807) is 25.1 Å². The van der Waals surface area contributed by atoms with Crippen LogP contribution >= 0.6 is 0 Å². The number of nitrogens with one attached hydrogen (secondary N) is 1. The highest BCUT2D eigenvalue weighted by atomic mass is 19.1. The highest BCUT2D eigenvalue weighted by molar-refractivity contribution is 5.88. The van der Waals surface area contributed by atoms with Crippen LogP contribution in [0.4, 0.5) is 10.1 Å². The lowest BCUT2D eigenvalue weighted by Gasteiger charge is -2.09. The summed E-state index contributed by atoms with van der Waals surface area (Å²) in [4.78, 5) is 15.0. The van der Waals surface area contributed by atoms with Gasteiger partial charge in [-0.1, -0.05) is 6.07 Å². The van der Waals surface area contributed by atoms with Gasteiger partial charge in [-0.15, -0.1) is 0 Å². The molecule has 1 aromatic carbocycles. The summed E-state index contributed by atoms with van der Waals surface area (Å²) in [6, 6.07) is 7.84. The average Bonchev–Trinajstić information content (AvgIpc) is 2.38. The molecule has 0 radical (unpaired) electrons. The summed E-state index contributed by atoms with van der Waals surface area (Å²) in [5.74, 6) is -1.41. The Balaban J connectivity index is 2.17. The molecule has 0 fully saturated rings. The number of halogens is 1. The van der Waals surface area contributed by atoms with Gasteiger partial charge in [0.2, 0.25) is 0 Å². The topological polar surface area (TPSA) is 62.2 Å². The molecule has 19 heavy (non-hydrogen) atoms. The van der Waals surface area contributed by atoms with Crippen LogP contribution in [0.25, 0.3) is 0 Å². The molecule has 0 unspecified atom stereocenters. The fourth-order valence-corrected chi connectivity index (χ4v) is 1.72. The van der Waals surface area contributed by atoms with E-state index >= 15 is 0 Å². The van der Waals surface area contributed by atoms with Crippen molar-refractivity contribution in [1.29, 1.82) is 0 Å². The van der Waals surface area contributed by atoms with Gasteiger partial charge in [0.1, 0.15) is 5.82 Å². The third-order valence-electron chi connectivity index (χ3n) is 2.69. The molecule has 0 aliphatic carbocycles. The molecule has 0 saturated carbocycles. The Morgan fingerprint density at radius 3 is 2.89 bits per heavy atom. The molecule has 0 bridgehead atoms. The summed E-state index contributed by atoms with van der Waals surface area (Å²) in [5.41, 5.74) is 1.64. The van der Waals surface area contributed by atoms with Crippen molar-refractivity contribution in [1.82, 2.24) is 4.98 Å². The molecule has 2 N–H and O–H groups in total. The minimum atomic E-state index is -1.05. The predicted molar refractivity (Wildman–Crippen MR) is 69.7 cm³/mol. The number of hydrogen-bond donors (Lipinski definition) is 2. The van der Waals surface area contributed by atoms with Crippen LogP contribution in [0.1, 0.15) is 21.6 Å². The molecule has 0 saturated heterocycles. The maximum atomic E-state index is 13.6. The van der Waals surface area contributed by atoms with Crippen molar-refractivity contribution in [2.75, 3.05) is 5.32 Å². The fourth-order valence-electron chi connectivity index (χ4n) is 1.72. The van der Waals surface area contributed by atoms with E-state index < -0.39 is 5.97 Å². The molecule has 2 rings (SSSR count). The first-order chi connectivity index (χ1) is 9.08.